The molecule has 1 amide bonds. The number of aryl methyl sites for hydroxylation is 1. The zero-order chi connectivity index (χ0) is 13.7. The van der Waals surface area contributed by atoms with Crippen molar-refractivity contribution >= 4 is 21.8 Å². The van der Waals surface area contributed by atoms with Crippen LogP contribution in [0.4, 0.5) is 0 Å². The molecule has 3 nitrogen and oxygen atoms in total. The van der Waals surface area contributed by atoms with E-state index in [4.69, 9.17) is 0 Å². The molecule has 0 unspecified atom stereocenters. The summed E-state index contributed by atoms with van der Waals surface area (Å²) in [4.78, 5) is 15.9. The average molecular weight is 319 g/mol. The van der Waals surface area contributed by atoms with Gasteiger partial charge in [-0.1, -0.05) is 24.3 Å². The summed E-state index contributed by atoms with van der Waals surface area (Å²) in [7, 11) is 0. The van der Waals surface area contributed by atoms with E-state index >= 15 is 0 Å². The maximum atomic E-state index is 11.9. The Bertz CT molecular complexity index is 584. The fourth-order valence-corrected chi connectivity index (χ4v) is 2.20. The van der Waals surface area contributed by atoms with Crippen molar-refractivity contribution in [3.05, 3.63) is 63.9 Å². The van der Waals surface area contributed by atoms with Gasteiger partial charge in [-0.25, -0.2) is 0 Å². The van der Waals surface area contributed by atoms with E-state index in [1.807, 2.05) is 12.1 Å². The van der Waals surface area contributed by atoms with Gasteiger partial charge in [0.2, 0.25) is 0 Å². The number of nitrogens with one attached hydrogen (secondary N) is 1. The Kier molecular flexibility index (Phi) is 4.68. The number of carbonyl (C=O) groups excluding carboxylic acids is 1. The van der Waals surface area contributed by atoms with Crippen molar-refractivity contribution in [2.75, 3.05) is 6.54 Å². The first-order valence-electron chi connectivity index (χ1n) is 6.10. The van der Waals surface area contributed by atoms with Crippen molar-refractivity contribution in [3.63, 3.8) is 0 Å². The zero-order valence-electron chi connectivity index (χ0n) is 10.7. The summed E-state index contributed by atoms with van der Waals surface area (Å²) in [5.41, 5.74) is 3.08. The lowest BCUT2D eigenvalue weighted by atomic mass is 10.1. The highest BCUT2D eigenvalue weighted by molar-refractivity contribution is 9.10. The molecule has 0 aliphatic rings. The fourth-order valence-electron chi connectivity index (χ4n) is 1.84. The number of hydrogen-bond donors (Lipinski definition) is 1. The molecule has 1 aromatic heterocycles. The first-order valence-corrected chi connectivity index (χ1v) is 6.89. The van der Waals surface area contributed by atoms with Crippen LogP contribution in [0, 0.1) is 6.92 Å². The standard InChI is InChI=1S/C15H15BrN2O/c1-11-4-2-3-5-12(11)6-7-18-15(19)13-8-14(16)10-17-9-13/h2-5,8-10H,6-7H2,1H3,(H,18,19). The Morgan fingerprint density at radius 1 is 1.32 bits per heavy atom. The topological polar surface area (TPSA) is 42.0 Å². The number of nitrogens with zero attached hydrogens (tertiary/aromatic N) is 1. The van der Waals surface area contributed by atoms with Gasteiger partial charge in [0.05, 0.1) is 5.56 Å². The van der Waals surface area contributed by atoms with Crippen molar-refractivity contribution in [2.24, 2.45) is 0 Å². The minimum atomic E-state index is -0.0950. The first kappa shape index (κ1) is 13.7. The molecular formula is C15H15BrN2O. The van der Waals surface area contributed by atoms with E-state index in [0.717, 1.165) is 10.9 Å². The molecule has 1 aromatic carbocycles. The number of rotatable bonds is 4. The molecule has 98 valence electrons. The highest BCUT2D eigenvalue weighted by atomic mass is 79.9. The van der Waals surface area contributed by atoms with Crippen molar-refractivity contribution in [2.45, 2.75) is 13.3 Å². The van der Waals surface area contributed by atoms with Gasteiger partial charge < -0.3 is 5.32 Å². The fraction of sp³-hybridized carbons (Fsp3) is 0.200. The van der Waals surface area contributed by atoms with Crippen molar-refractivity contribution < 1.29 is 4.79 Å². The predicted molar refractivity (Wildman–Crippen MR) is 79.2 cm³/mol. The molecule has 0 saturated carbocycles. The van der Waals surface area contributed by atoms with Crippen molar-refractivity contribution in [3.8, 4) is 0 Å². The molecule has 19 heavy (non-hydrogen) atoms. The second kappa shape index (κ2) is 6.48. The van der Waals surface area contributed by atoms with E-state index in [0.29, 0.717) is 12.1 Å². The number of carbonyl (C=O) groups is 1. The minimum Gasteiger partial charge on any atom is -0.352 e. The Labute approximate surface area is 121 Å². The van der Waals surface area contributed by atoms with Gasteiger partial charge in [-0.3, -0.25) is 9.78 Å². The molecule has 0 saturated heterocycles. The van der Waals surface area contributed by atoms with Crippen LogP contribution in [0.1, 0.15) is 21.5 Å². The van der Waals surface area contributed by atoms with Crippen LogP contribution in [0.3, 0.4) is 0 Å². The number of benzene rings is 1. The lowest BCUT2D eigenvalue weighted by Crippen LogP contribution is -2.25. The van der Waals surface area contributed by atoms with Crippen molar-refractivity contribution in [1.82, 2.24) is 10.3 Å². The smallest absolute Gasteiger partial charge is 0.252 e. The highest BCUT2D eigenvalue weighted by Gasteiger charge is 2.06. The lowest BCUT2D eigenvalue weighted by molar-refractivity contribution is 0.0953. The summed E-state index contributed by atoms with van der Waals surface area (Å²) in [6.07, 6.45) is 4.05. The summed E-state index contributed by atoms with van der Waals surface area (Å²) >= 11 is 3.30. The van der Waals surface area contributed by atoms with E-state index < -0.39 is 0 Å². The van der Waals surface area contributed by atoms with E-state index in [9.17, 15) is 4.79 Å². The predicted octanol–water partition coefficient (Wildman–Crippen LogP) is 3.13. The average Bonchev–Trinajstić information content (AvgIpc) is 2.41. The van der Waals surface area contributed by atoms with Crippen LogP contribution in [0.15, 0.2) is 47.2 Å². The van der Waals surface area contributed by atoms with E-state index in [-0.39, 0.29) is 5.91 Å². The number of aromatic nitrogens is 1. The minimum absolute atomic E-state index is 0.0950. The van der Waals surface area contributed by atoms with Crippen LogP contribution in [0.25, 0.3) is 0 Å². The van der Waals surface area contributed by atoms with Gasteiger partial charge in [0.1, 0.15) is 0 Å². The normalized spacial score (nSPS) is 10.2. The summed E-state index contributed by atoms with van der Waals surface area (Å²) in [5.74, 6) is -0.0950. The first-order chi connectivity index (χ1) is 9.16. The molecule has 0 atom stereocenters. The van der Waals surface area contributed by atoms with Crippen molar-refractivity contribution in [1.29, 1.82) is 0 Å². The van der Waals surface area contributed by atoms with E-state index in [1.54, 1.807) is 18.5 Å². The largest absolute Gasteiger partial charge is 0.352 e. The summed E-state index contributed by atoms with van der Waals surface area (Å²) in [5, 5.41) is 2.90. The third-order valence-corrected chi connectivity index (χ3v) is 3.34. The molecule has 2 rings (SSSR count). The van der Waals surface area contributed by atoms with Crippen LogP contribution in [0.2, 0.25) is 0 Å². The third kappa shape index (κ3) is 3.89. The molecule has 1 heterocycles. The monoisotopic (exact) mass is 318 g/mol. The maximum absolute atomic E-state index is 11.9. The van der Waals surface area contributed by atoms with E-state index in [1.165, 1.54) is 11.1 Å². The molecule has 0 spiro atoms. The zero-order valence-corrected chi connectivity index (χ0v) is 12.3. The van der Waals surface area contributed by atoms with Crippen LogP contribution in [-0.2, 0) is 6.42 Å². The Morgan fingerprint density at radius 3 is 2.84 bits per heavy atom. The van der Waals surface area contributed by atoms with Gasteiger partial charge in [0.15, 0.2) is 0 Å². The van der Waals surface area contributed by atoms with Crippen LogP contribution in [0.5, 0.6) is 0 Å². The Hall–Kier alpha value is -1.68. The molecule has 0 fully saturated rings. The second-order valence-electron chi connectivity index (χ2n) is 4.32. The number of hydrogen-bond acceptors (Lipinski definition) is 2. The van der Waals surface area contributed by atoms with Gasteiger partial charge in [-0.05, 0) is 46.5 Å². The molecule has 1 N–H and O–H groups in total. The molecule has 4 heteroatoms. The molecule has 0 bridgehead atoms. The second-order valence-corrected chi connectivity index (χ2v) is 5.24. The molecule has 2 aromatic rings. The van der Waals surface area contributed by atoms with Crippen LogP contribution >= 0.6 is 15.9 Å². The Morgan fingerprint density at radius 2 is 2.11 bits per heavy atom. The molecule has 0 aliphatic heterocycles. The van der Waals surface area contributed by atoms with Gasteiger partial charge in [0.25, 0.3) is 5.91 Å². The highest BCUT2D eigenvalue weighted by Crippen LogP contribution is 2.10. The molecule has 0 radical (unpaired) electrons. The lowest BCUT2D eigenvalue weighted by Gasteiger charge is -2.07. The van der Waals surface area contributed by atoms with Gasteiger partial charge >= 0.3 is 0 Å². The summed E-state index contributed by atoms with van der Waals surface area (Å²) < 4.78 is 0.805. The summed E-state index contributed by atoms with van der Waals surface area (Å²) in [6.45, 7) is 2.70. The number of halogens is 1. The maximum Gasteiger partial charge on any atom is 0.252 e. The van der Waals surface area contributed by atoms with Gasteiger partial charge in [-0.15, -0.1) is 0 Å². The quantitative estimate of drug-likeness (QED) is 0.941. The van der Waals surface area contributed by atoms with Crippen LogP contribution in [-0.4, -0.2) is 17.4 Å². The number of amides is 1. The Balaban J connectivity index is 1.90. The summed E-state index contributed by atoms with van der Waals surface area (Å²) in [6, 6.07) is 9.96. The van der Waals surface area contributed by atoms with Gasteiger partial charge in [0, 0.05) is 23.4 Å². The van der Waals surface area contributed by atoms with Gasteiger partial charge in [-0.2, -0.15) is 0 Å². The number of pyridine rings is 1. The van der Waals surface area contributed by atoms with E-state index in [2.05, 4.69) is 45.3 Å². The molecular weight excluding hydrogens is 304 g/mol. The third-order valence-electron chi connectivity index (χ3n) is 2.91. The molecule has 0 aliphatic carbocycles. The SMILES string of the molecule is Cc1ccccc1CCNC(=O)c1cncc(Br)c1. The van der Waals surface area contributed by atoms with Crippen LogP contribution < -0.4 is 5.32 Å².